The van der Waals surface area contributed by atoms with E-state index >= 15 is 0 Å². The molecule has 1 aromatic heterocycles. The fraction of sp³-hybridized carbons (Fsp3) is 0.273. The van der Waals surface area contributed by atoms with E-state index in [9.17, 15) is 13.2 Å². The van der Waals surface area contributed by atoms with Crippen LogP contribution in [0.25, 0.3) is 11.3 Å². The topological polar surface area (TPSA) is 105 Å². The largest absolute Gasteiger partial charge is 0.486 e. The standard InChI is InChI=1S/C22H23NO7S/c1-4-22(2,15-24)28-18-11-9-17(10-12-18)27-14-20-13-21(23-29-20)16-5-7-19(8-6-16)30-31(3,25)26/h5-13,15H,4,14H2,1-3H3/t22-/m0/s1. The smallest absolute Gasteiger partial charge is 0.306 e. The number of carbonyl (C=O) groups excluding carboxylic acids is 1. The van der Waals surface area contributed by atoms with Gasteiger partial charge in [0.05, 0.1) is 6.26 Å². The van der Waals surface area contributed by atoms with Crippen LogP contribution in [0.3, 0.4) is 0 Å². The molecule has 0 aliphatic rings. The van der Waals surface area contributed by atoms with E-state index in [1.54, 1.807) is 61.5 Å². The van der Waals surface area contributed by atoms with Crippen molar-refractivity contribution in [3.8, 4) is 28.5 Å². The Morgan fingerprint density at radius 2 is 1.65 bits per heavy atom. The molecule has 0 saturated carbocycles. The highest BCUT2D eigenvalue weighted by Gasteiger charge is 2.23. The molecule has 0 aliphatic heterocycles. The number of nitrogens with zero attached hydrogens (tertiary/aromatic N) is 1. The third-order valence-electron chi connectivity index (χ3n) is 4.46. The SMILES string of the molecule is CC[C@@](C)(C=O)Oc1ccc(OCc2cc(-c3ccc(OS(C)(=O)=O)cc3)no2)cc1. The fourth-order valence-electron chi connectivity index (χ4n) is 2.58. The van der Waals surface area contributed by atoms with Gasteiger partial charge in [0, 0.05) is 11.6 Å². The van der Waals surface area contributed by atoms with Crippen molar-refractivity contribution in [1.82, 2.24) is 5.16 Å². The number of ether oxygens (including phenoxy) is 2. The van der Waals surface area contributed by atoms with E-state index in [0.717, 1.165) is 18.1 Å². The Kier molecular flexibility index (Phi) is 6.65. The van der Waals surface area contributed by atoms with E-state index in [2.05, 4.69) is 5.16 Å². The highest BCUT2D eigenvalue weighted by Crippen LogP contribution is 2.25. The fourth-order valence-corrected chi connectivity index (χ4v) is 3.04. The summed E-state index contributed by atoms with van der Waals surface area (Å²) in [6, 6.07) is 15.1. The van der Waals surface area contributed by atoms with Crippen LogP contribution in [-0.2, 0) is 21.5 Å². The molecular weight excluding hydrogens is 422 g/mol. The van der Waals surface area contributed by atoms with E-state index in [1.807, 2.05) is 6.92 Å². The minimum absolute atomic E-state index is 0.170. The van der Waals surface area contributed by atoms with Crippen LogP contribution >= 0.6 is 0 Å². The number of aldehydes is 1. The number of aromatic nitrogens is 1. The summed E-state index contributed by atoms with van der Waals surface area (Å²) in [6.07, 6.45) is 2.35. The van der Waals surface area contributed by atoms with E-state index < -0.39 is 15.7 Å². The first kappa shape index (κ1) is 22.4. The molecule has 0 radical (unpaired) electrons. The molecule has 0 amide bonds. The van der Waals surface area contributed by atoms with Crippen LogP contribution in [0.4, 0.5) is 0 Å². The second-order valence-electron chi connectivity index (χ2n) is 7.14. The third-order valence-corrected chi connectivity index (χ3v) is 4.96. The predicted octanol–water partition coefficient (Wildman–Crippen LogP) is 4.01. The summed E-state index contributed by atoms with van der Waals surface area (Å²) in [5.74, 6) is 1.93. The average molecular weight is 445 g/mol. The van der Waals surface area contributed by atoms with Gasteiger partial charge in [-0.15, -0.1) is 0 Å². The molecule has 0 N–H and O–H groups in total. The molecule has 3 rings (SSSR count). The summed E-state index contributed by atoms with van der Waals surface area (Å²) in [6.45, 7) is 3.79. The first-order valence-electron chi connectivity index (χ1n) is 9.53. The number of benzene rings is 2. The molecule has 0 unspecified atom stereocenters. The zero-order chi connectivity index (χ0) is 22.5. The third kappa shape index (κ3) is 6.32. The molecule has 0 saturated heterocycles. The summed E-state index contributed by atoms with van der Waals surface area (Å²) in [7, 11) is -3.57. The zero-order valence-corrected chi connectivity index (χ0v) is 18.2. The van der Waals surface area contributed by atoms with Gasteiger partial charge >= 0.3 is 10.1 Å². The van der Waals surface area contributed by atoms with Gasteiger partial charge in [0.15, 0.2) is 17.6 Å². The number of rotatable bonds is 10. The van der Waals surface area contributed by atoms with Crippen LogP contribution < -0.4 is 13.7 Å². The summed E-state index contributed by atoms with van der Waals surface area (Å²) >= 11 is 0. The Labute approximate surface area is 180 Å². The first-order valence-corrected chi connectivity index (χ1v) is 11.3. The van der Waals surface area contributed by atoms with Crippen LogP contribution in [0, 0.1) is 0 Å². The Bertz CT molecular complexity index is 1120. The van der Waals surface area contributed by atoms with E-state index in [-0.39, 0.29) is 12.4 Å². The highest BCUT2D eigenvalue weighted by atomic mass is 32.2. The maximum Gasteiger partial charge on any atom is 0.306 e. The maximum absolute atomic E-state index is 11.2. The van der Waals surface area contributed by atoms with Crippen LogP contribution in [-0.4, -0.2) is 31.7 Å². The molecule has 1 heterocycles. The molecule has 3 aromatic rings. The van der Waals surface area contributed by atoms with Crippen molar-refractivity contribution in [2.24, 2.45) is 0 Å². The lowest BCUT2D eigenvalue weighted by Crippen LogP contribution is -2.33. The van der Waals surface area contributed by atoms with Crippen molar-refractivity contribution in [3.63, 3.8) is 0 Å². The minimum atomic E-state index is -3.57. The quantitative estimate of drug-likeness (QED) is 0.341. The second kappa shape index (κ2) is 9.22. The molecular formula is C22H23NO7S. The zero-order valence-electron chi connectivity index (χ0n) is 17.4. The normalized spacial score (nSPS) is 13.3. The number of hydrogen-bond acceptors (Lipinski definition) is 8. The lowest BCUT2D eigenvalue weighted by molar-refractivity contribution is -0.120. The maximum atomic E-state index is 11.2. The number of carbonyl (C=O) groups is 1. The predicted molar refractivity (Wildman–Crippen MR) is 114 cm³/mol. The van der Waals surface area contributed by atoms with Gasteiger partial charge in [-0.3, -0.25) is 4.79 Å². The molecule has 8 nitrogen and oxygen atoms in total. The lowest BCUT2D eigenvalue weighted by Gasteiger charge is -2.23. The summed E-state index contributed by atoms with van der Waals surface area (Å²) in [5, 5.41) is 4.01. The van der Waals surface area contributed by atoms with Crippen molar-refractivity contribution in [2.75, 3.05) is 6.26 Å². The van der Waals surface area contributed by atoms with Crippen molar-refractivity contribution >= 4 is 16.4 Å². The van der Waals surface area contributed by atoms with Gasteiger partial charge in [0.2, 0.25) is 0 Å². The summed E-state index contributed by atoms with van der Waals surface area (Å²) in [5.41, 5.74) is 0.473. The van der Waals surface area contributed by atoms with Crippen molar-refractivity contribution < 1.29 is 31.4 Å². The van der Waals surface area contributed by atoms with E-state index in [1.165, 1.54) is 0 Å². The van der Waals surface area contributed by atoms with Gasteiger partial charge in [0.25, 0.3) is 0 Å². The highest BCUT2D eigenvalue weighted by molar-refractivity contribution is 7.86. The molecule has 1 atom stereocenters. The Balaban J connectivity index is 1.58. The second-order valence-corrected chi connectivity index (χ2v) is 8.71. The molecule has 164 valence electrons. The molecule has 0 fully saturated rings. The van der Waals surface area contributed by atoms with Gasteiger partial charge in [0.1, 0.15) is 29.5 Å². The average Bonchev–Trinajstić information content (AvgIpc) is 3.21. The number of hydrogen-bond donors (Lipinski definition) is 0. The van der Waals surface area contributed by atoms with Crippen LogP contribution in [0.15, 0.2) is 59.1 Å². The minimum Gasteiger partial charge on any atom is -0.486 e. The van der Waals surface area contributed by atoms with Gasteiger partial charge in [-0.25, -0.2) is 0 Å². The molecule has 31 heavy (non-hydrogen) atoms. The first-order chi connectivity index (χ1) is 14.7. The van der Waals surface area contributed by atoms with Gasteiger partial charge < -0.3 is 18.2 Å². The summed E-state index contributed by atoms with van der Waals surface area (Å²) in [4.78, 5) is 11.2. The van der Waals surface area contributed by atoms with Crippen molar-refractivity contribution in [1.29, 1.82) is 0 Å². The monoisotopic (exact) mass is 445 g/mol. The van der Waals surface area contributed by atoms with Crippen LogP contribution in [0.5, 0.6) is 17.2 Å². The van der Waals surface area contributed by atoms with Gasteiger partial charge in [-0.2, -0.15) is 8.42 Å². The molecule has 0 bridgehead atoms. The van der Waals surface area contributed by atoms with Crippen LogP contribution in [0.1, 0.15) is 26.0 Å². The summed E-state index contributed by atoms with van der Waals surface area (Å²) < 4.78 is 43.9. The van der Waals surface area contributed by atoms with Crippen molar-refractivity contribution in [2.45, 2.75) is 32.5 Å². The van der Waals surface area contributed by atoms with Gasteiger partial charge in [-0.05, 0) is 61.9 Å². The van der Waals surface area contributed by atoms with Crippen LogP contribution in [0.2, 0.25) is 0 Å². The van der Waals surface area contributed by atoms with E-state index in [0.29, 0.717) is 29.4 Å². The molecule has 2 aromatic carbocycles. The van der Waals surface area contributed by atoms with E-state index in [4.69, 9.17) is 18.2 Å². The van der Waals surface area contributed by atoms with Crippen molar-refractivity contribution in [3.05, 3.63) is 60.4 Å². The Morgan fingerprint density at radius 3 is 2.23 bits per heavy atom. The molecule has 9 heteroatoms. The molecule has 0 spiro atoms. The lowest BCUT2D eigenvalue weighted by atomic mass is 10.1. The van der Waals surface area contributed by atoms with Gasteiger partial charge in [-0.1, -0.05) is 12.1 Å². The molecule has 0 aliphatic carbocycles. The Hall–Kier alpha value is -3.33. The Morgan fingerprint density at radius 1 is 1.03 bits per heavy atom.